The predicted octanol–water partition coefficient (Wildman–Crippen LogP) is 9.60. The zero-order valence-corrected chi connectivity index (χ0v) is 31.5. The van der Waals surface area contributed by atoms with Crippen molar-refractivity contribution < 1.29 is 8.78 Å². The van der Waals surface area contributed by atoms with Crippen LogP contribution in [-0.4, -0.2) is 65.2 Å². The van der Waals surface area contributed by atoms with Gasteiger partial charge in [0.05, 0.1) is 5.39 Å². The van der Waals surface area contributed by atoms with Crippen molar-refractivity contribution in [2.75, 3.05) is 38.6 Å². The predicted molar refractivity (Wildman–Crippen MR) is 206 cm³/mol. The molecule has 0 amide bonds. The smallest absolute Gasteiger partial charge is 0.175 e. The van der Waals surface area contributed by atoms with Crippen LogP contribution in [0.3, 0.4) is 0 Å². The summed E-state index contributed by atoms with van der Waals surface area (Å²) >= 11 is 0. The number of fused-ring (bicyclic) bond motifs is 2. The zero-order chi connectivity index (χ0) is 36.0. The molecule has 4 heterocycles. The molecule has 2 aliphatic rings. The highest BCUT2D eigenvalue weighted by Crippen LogP contribution is 2.39. The van der Waals surface area contributed by atoms with Crippen molar-refractivity contribution in [3.63, 3.8) is 0 Å². The van der Waals surface area contributed by atoms with E-state index in [1.807, 2.05) is 46.2 Å². The van der Waals surface area contributed by atoms with E-state index in [-0.39, 0.29) is 17.1 Å². The van der Waals surface area contributed by atoms with Crippen LogP contribution >= 0.6 is 0 Å². The number of piperidine rings is 1. The van der Waals surface area contributed by atoms with E-state index in [0.29, 0.717) is 52.7 Å². The number of hydrogen-bond donors (Lipinski definition) is 1. The first-order valence-corrected chi connectivity index (χ1v) is 18.9. The van der Waals surface area contributed by atoms with E-state index in [9.17, 15) is 0 Å². The van der Waals surface area contributed by atoms with E-state index in [1.165, 1.54) is 18.9 Å². The molecular weight excluding hydrogens is 627 g/mol. The van der Waals surface area contributed by atoms with Gasteiger partial charge in [-0.05, 0) is 132 Å². The molecule has 6 rings (SSSR count). The fourth-order valence-corrected chi connectivity index (χ4v) is 8.41. The molecule has 2 aliphatic heterocycles. The van der Waals surface area contributed by atoms with Gasteiger partial charge in [-0.25, -0.2) is 18.7 Å². The molecule has 1 N–H and O–H groups in total. The maximum absolute atomic E-state index is 17.0. The monoisotopic (exact) mass is 684 g/mol. The van der Waals surface area contributed by atoms with Gasteiger partial charge in [0.25, 0.3) is 0 Å². The number of aryl methyl sites for hydroxylation is 3. The third-order valence-corrected chi connectivity index (χ3v) is 10.9. The van der Waals surface area contributed by atoms with Gasteiger partial charge in [0, 0.05) is 42.9 Å². The second-order valence-corrected chi connectivity index (χ2v) is 14.9. The Morgan fingerprint density at radius 3 is 2.60 bits per heavy atom. The van der Waals surface area contributed by atoms with Crippen LogP contribution in [0.2, 0.25) is 0 Å². The summed E-state index contributed by atoms with van der Waals surface area (Å²) in [5.74, 6) is 1.27. The van der Waals surface area contributed by atoms with Crippen molar-refractivity contribution in [2.24, 2.45) is 5.92 Å². The number of pyridine rings is 1. The Morgan fingerprint density at radius 2 is 1.90 bits per heavy atom. The minimum Gasteiger partial charge on any atom is -0.356 e. The lowest BCUT2D eigenvalue weighted by atomic mass is 9.90. The van der Waals surface area contributed by atoms with E-state index in [0.717, 1.165) is 80.3 Å². The third kappa shape index (κ3) is 7.86. The maximum atomic E-state index is 17.0. The van der Waals surface area contributed by atoms with Gasteiger partial charge in [0.15, 0.2) is 5.82 Å². The molecule has 0 radical (unpaired) electrons. The lowest BCUT2D eigenvalue weighted by Gasteiger charge is -2.41. The molecule has 2 saturated heterocycles. The van der Waals surface area contributed by atoms with Crippen molar-refractivity contribution in [3.05, 3.63) is 71.7 Å². The maximum Gasteiger partial charge on any atom is 0.175 e. The first-order valence-electron chi connectivity index (χ1n) is 18.9. The highest BCUT2D eigenvalue weighted by Gasteiger charge is 2.39. The van der Waals surface area contributed by atoms with E-state index >= 15 is 8.78 Å². The standard InChI is InChI=1S/C40H51F2N5.C2H7N/c1-7-10-14-29(8-2)47-21-12-18-40(47,6)19-17-34-44-38-32(39(45-34)46-20-11-13-26(4)25-46)24-43-37(36(38)42)31-23-27(5)22-28-15-16-33(41)30(9-3)35(28)31;1-3-2/h7,15-16,22-24,26,29H,1,8-14,17-21,25H2,2-6H3;3H,1-2H3. The number of hydrogen-bond acceptors (Lipinski definition) is 6. The van der Waals surface area contributed by atoms with Crippen LogP contribution in [0.5, 0.6) is 0 Å². The lowest BCUT2D eigenvalue weighted by molar-refractivity contribution is 0.0847. The van der Waals surface area contributed by atoms with Crippen LogP contribution in [0.4, 0.5) is 14.6 Å². The molecule has 2 fully saturated rings. The molecule has 2 aromatic heterocycles. The van der Waals surface area contributed by atoms with Crippen LogP contribution in [0.1, 0.15) is 96.0 Å². The second kappa shape index (κ2) is 16.7. The normalized spacial score (nSPS) is 20.3. The molecule has 2 aromatic carbocycles. The summed E-state index contributed by atoms with van der Waals surface area (Å²) in [6, 6.07) is 7.77. The number of aromatic nitrogens is 3. The molecule has 0 aliphatic carbocycles. The van der Waals surface area contributed by atoms with Crippen LogP contribution in [0.15, 0.2) is 43.1 Å². The Labute approximate surface area is 298 Å². The van der Waals surface area contributed by atoms with Gasteiger partial charge >= 0.3 is 0 Å². The van der Waals surface area contributed by atoms with Gasteiger partial charge in [-0.2, -0.15) is 0 Å². The Hall–Kier alpha value is -3.49. The Morgan fingerprint density at radius 1 is 1.12 bits per heavy atom. The summed E-state index contributed by atoms with van der Waals surface area (Å²) in [7, 11) is 3.75. The molecule has 8 heteroatoms. The number of nitrogens with zero attached hydrogens (tertiary/aromatic N) is 5. The van der Waals surface area contributed by atoms with Crippen molar-refractivity contribution in [2.45, 2.75) is 110 Å². The SMILES string of the molecule is C=CCCC(CC)N1CCCC1(C)CCc1nc(N2CCCC(C)C2)c2cnc(-c3cc(C)cc4ccc(F)c(CC)c34)c(F)c2n1.CNC. The van der Waals surface area contributed by atoms with E-state index < -0.39 is 5.82 Å². The molecule has 6 nitrogen and oxygen atoms in total. The summed E-state index contributed by atoms with van der Waals surface area (Å²) in [4.78, 5) is 19.9. The number of anilines is 1. The molecular formula is C42H58F2N6. The molecule has 0 saturated carbocycles. The average molecular weight is 685 g/mol. The number of likely N-dealkylation sites (tertiary alicyclic amines) is 1. The fourth-order valence-electron chi connectivity index (χ4n) is 8.41. The van der Waals surface area contributed by atoms with Crippen molar-refractivity contribution in [1.29, 1.82) is 0 Å². The summed E-state index contributed by atoms with van der Waals surface area (Å²) in [5, 5.41) is 5.00. The summed E-state index contributed by atoms with van der Waals surface area (Å²) in [6.07, 6.45) is 13.7. The van der Waals surface area contributed by atoms with Crippen LogP contribution < -0.4 is 10.2 Å². The number of rotatable bonds is 11. The van der Waals surface area contributed by atoms with Gasteiger partial charge in [-0.15, -0.1) is 6.58 Å². The van der Waals surface area contributed by atoms with E-state index in [4.69, 9.17) is 15.0 Å². The second-order valence-electron chi connectivity index (χ2n) is 14.9. The first-order chi connectivity index (χ1) is 24.1. The van der Waals surface area contributed by atoms with Gasteiger partial charge in [-0.3, -0.25) is 9.88 Å². The van der Waals surface area contributed by atoms with E-state index in [2.05, 4.69) is 42.5 Å². The van der Waals surface area contributed by atoms with Crippen molar-refractivity contribution >= 4 is 27.5 Å². The highest BCUT2D eigenvalue weighted by atomic mass is 19.1. The fraction of sp³-hybridized carbons (Fsp3) is 0.548. The van der Waals surface area contributed by atoms with Crippen LogP contribution in [0, 0.1) is 24.5 Å². The molecule has 3 unspecified atom stereocenters. The number of allylic oxidation sites excluding steroid dienone is 1. The quantitative estimate of drug-likeness (QED) is 0.159. The molecule has 4 aromatic rings. The highest BCUT2D eigenvalue weighted by molar-refractivity contribution is 6.01. The van der Waals surface area contributed by atoms with Gasteiger partial charge in [0.2, 0.25) is 0 Å². The molecule has 50 heavy (non-hydrogen) atoms. The number of halogens is 2. The van der Waals surface area contributed by atoms with Gasteiger partial charge in [0.1, 0.15) is 28.7 Å². The largest absolute Gasteiger partial charge is 0.356 e. The Kier molecular flexibility index (Phi) is 12.6. The molecule has 0 bridgehead atoms. The van der Waals surface area contributed by atoms with Gasteiger partial charge < -0.3 is 10.2 Å². The van der Waals surface area contributed by atoms with Crippen LogP contribution in [-0.2, 0) is 12.8 Å². The minimum atomic E-state index is -0.458. The van der Waals surface area contributed by atoms with Crippen LogP contribution in [0.25, 0.3) is 32.9 Å². The molecule has 0 spiro atoms. The number of nitrogens with one attached hydrogen (secondary N) is 1. The summed E-state index contributed by atoms with van der Waals surface area (Å²) in [6.45, 7) is 17.7. The minimum absolute atomic E-state index is 0.0447. The topological polar surface area (TPSA) is 57.2 Å². The lowest BCUT2D eigenvalue weighted by Crippen LogP contribution is -2.47. The average Bonchev–Trinajstić information content (AvgIpc) is 3.49. The third-order valence-electron chi connectivity index (χ3n) is 10.9. The molecule has 3 atom stereocenters. The van der Waals surface area contributed by atoms with Gasteiger partial charge in [-0.1, -0.05) is 39.0 Å². The summed E-state index contributed by atoms with van der Waals surface area (Å²) < 4.78 is 32.1. The van der Waals surface area contributed by atoms with E-state index in [1.54, 1.807) is 12.3 Å². The van der Waals surface area contributed by atoms with Crippen molar-refractivity contribution in [3.8, 4) is 11.3 Å². The zero-order valence-electron chi connectivity index (χ0n) is 31.5. The number of benzene rings is 2. The Bertz CT molecular complexity index is 1790. The summed E-state index contributed by atoms with van der Waals surface area (Å²) in [5.41, 5.74) is 2.74. The molecule has 270 valence electrons. The Balaban J connectivity index is 0.00000156. The van der Waals surface area contributed by atoms with Crippen molar-refractivity contribution in [1.82, 2.24) is 25.2 Å². The first kappa shape index (κ1) is 37.8.